The smallest absolute Gasteiger partial charge is 0.225 e. The number of benzene rings is 1. The SMILES string of the molecule is C[Si](C)(C)c1ccc(S(N)(=O)=O)cc1. The van der Waals surface area contributed by atoms with Crippen LogP contribution in [0.4, 0.5) is 0 Å². The van der Waals surface area contributed by atoms with E-state index in [1.807, 2.05) is 12.1 Å². The van der Waals surface area contributed by atoms with Gasteiger partial charge in [-0.2, -0.15) is 0 Å². The zero-order valence-electron chi connectivity index (χ0n) is 8.61. The first-order chi connectivity index (χ1) is 6.21. The third-order valence-electron chi connectivity index (χ3n) is 2.05. The normalized spacial score (nSPS) is 12.9. The standard InChI is InChI=1S/C9H15NO2SSi/c1-14(2,3)9-6-4-8(5-7-9)13(10,11)12/h4-7H,1-3H3,(H2,10,11,12). The summed E-state index contributed by atoms with van der Waals surface area (Å²) in [6.45, 7) is 6.62. The molecular weight excluding hydrogens is 214 g/mol. The van der Waals surface area contributed by atoms with Gasteiger partial charge in [-0.05, 0) is 12.1 Å². The molecule has 0 saturated carbocycles. The summed E-state index contributed by atoms with van der Waals surface area (Å²) in [6.07, 6.45) is 0. The highest BCUT2D eigenvalue weighted by molar-refractivity contribution is 7.89. The van der Waals surface area contributed by atoms with Gasteiger partial charge >= 0.3 is 0 Å². The fourth-order valence-electron chi connectivity index (χ4n) is 1.14. The molecule has 0 heterocycles. The van der Waals surface area contributed by atoms with Gasteiger partial charge in [0.25, 0.3) is 0 Å². The quantitative estimate of drug-likeness (QED) is 0.765. The van der Waals surface area contributed by atoms with E-state index in [0.717, 1.165) is 0 Å². The van der Waals surface area contributed by atoms with Crippen LogP contribution in [0.2, 0.25) is 19.6 Å². The van der Waals surface area contributed by atoms with E-state index in [-0.39, 0.29) is 4.90 Å². The van der Waals surface area contributed by atoms with Crippen LogP contribution < -0.4 is 10.3 Å². The minimum Gasteiger partial charge on any atom is -0.225 e. The zero-order chi connectivity index (χ0) is 11.0. The van der Waals surface area contributed by atoms with E-state index >= 15 is 0 Å². The fraction of sp³-hybridized carbons (Fsp3) is 0.333. The van der Waals surface area contributed by atoms with Crippen LogP contribution in [0, 0.1) is 0 Å². The molecule has 0 aliphatic heterocycles. The van der Waals surface area contributed by atoms with Crippen LogP contribution in [0.25, 0.3) is 0 Å². The van der Waals surface area contributed by atoms with Crippen molar-refractivity contribution < 1.29 is 8.42 Å². The first-order valence-corrected chi connectivity index (χ1v) is 9.39. The summed E-state index contributed by atoms with van der Waals surface area (Å²) in [6, 6.07) is 6.85. The average molecular weight is 229 g/mol. The predicted molar refractivity (Wildman–Crippen MR) is 60.8 cm³/mol. The maximum Gasteiger partial charge on any atom is 0.238 e. The predicted octanol–water partition coefficient (Wildman–Crippen LogP) is 0.879. The molecule has 2 N–H and O–H groups in total. The van der Waals surface area contributed by atoms with Crippen molar-refractivity contribution in [3.05, 3.63) is 24.3 Å². The maximum absolute atomic E-state index is 11.0. The fourth-order valence-corrected chi connectivity index (χ4v) is 2.83. The summed E-state index contributed by atoms with van der Waals surface area (Å²) < 4.78 is 22.0. The molecule has 1 aromatic carbocycles. The molecule has 0 aromatic heterocycles. The Morgan fingerprint density at radius 2 is 1.50 bits per heavy atom. The van der Waals surface area contributed by atoms with E-state index in [1.54, 1.807) is 12.1 Å². The summed E-state index contributed by atoms with van der Waals surface area (Å²) in [7, 11) is -4.90. The highest BCUT2D eigenvalue weighted by Gasteiger charge is 2.16. The van der Waals surface area contributed by atoms with Crippen LogP contribution in [0.15, 0.2) is 29.2 Å². The summed E-state index contributed by atoms with van der Waals surface area (Å²) in [5, 5.41) is 6.23. The molecule has 0 bridgehead atoms. The molecule has 0 atom stereocenters. The van der Waals surface area contributed by atoms with Gasteiger partial charge in [-0.15, -0.1) is 0 Å². The van der Waals surface area contributed by atoms with Crippen molar-refractivity contribution in [3.8, 4) is 0 Å². The van der Waals surface area contributed by atoms with Crippen LogP contribution in [-0.2, 0) is 10.0 Å². The number of nitrogens with two attached hydrogens (primary N) is 1. The molecule has 0 spiro atoms. The van der Waals surface area contributed by atoms with E-state index in [9.17, 15) is 8.42 Å². The molecule has 5 heteroatoms. The summed E-state index contributed by atoms with van der Waals surface area (Å²) >= 11 is 0. The third kappa shape index (κ3) is 2.67. The van der Waals surface area contributed by atoms with Crippen LogP contribution >= 0.6 is 0 Å². The molecule has 78 valence electrons. The van der Waals surface area contributed by atoms with Crippen molar-refractivity contribution >= 4 is 23.3 Å². The Balaban J connectivity index is 3.14. The monoisotopic (exact) mass is 229 g/mol. The highest BCUT2D eigenvalue weighted by atomic mass is 32.2. The lowest BCUT2D eigenvalue weighted by atomic mass is 10.4. The van der Waals surface area contributed by atoms with Gasteiger partial charge in [0.1, 0.15) is 0 Å². The van der Waals surface area contributed by atoms with E-state index in [2.05, 4.69) is 19.6 Å². The first kappa shape index (κ1) is 11.4. The maximum atomic E-state index is 11.0. The second-order valence-electron chi connectivity index (χ2n) is 4.32. The number of hydrogen-bond acceptors (Lipinski definition) is 2. The molecule has 0 amide bonds. The van der Waals surface area contributed by atoms with Gasteiger partial charge in [0.15, 0.2) is 0 Å². The lowest BCUT2D eigenvalue weighted by molar-refractivity contribution is 0.598. The summed E-state index contributed by atoms with van der Waals surface area (Å²) in [5.41, 5.74) is 0. The van der Waals surface area contributed by atoms with Crippen molar-refractivity contribution in [2.75, 3.05) is 0 Å². The van der Waals surface area contributed by atoms with Gasteiger partial charge < -0.3 is 0 Å². The van der Waals surface area contributed by atoms with Gasteiger partial charge in [-0.25, -0.2) is 13.6 Å². The minimum atomic E-state index is -3.55. The molecule has 1 rings (SSSR count). The largest absolute Gasteiger partial charge is 0.238 e. The topological polar surface area (TPSA) is 60.2 Å². The summed E-state index contributed by atoms with van der Waals surface area (Å²) in [5.74, 6) is 0. The van der Waals surface area contributed by atoms with E-state index < -0.39 is 18.1 Å². The van der Waals surface area contributed by atoms with Gasteiger partial charge in [-0.1, -0.05) is 37.0 Å². The van der Waals surface area contributed by atoms with Crippen molar-refractivity contribution in [3.63, 3.8) is 0 Å². The Hall–Kier alpha value is -0.653. The molecule has 1 aromatic rings. The van der Waals surface area contributed by atoms with Crippen molar-refractivity contribution in [1.29, 1.82) is 0 Å². The number of rotatable bonds is 2. The molecule has 0 radical (unpaired) electrons. The highest BCUT2D eigenvalue weighted by Crippen LogP contribution is 2.07. The second-order valence-corrected chi connectivity index (χ2v) is 11.0. The van der Waals surface area contributed by atoms with E-state index in [0.29, 0.717) is 0 Å². The zero-order valence-corrected chi connectivity index (χ0v) is 10.4. The third-order valence-corrected chi connectivity index (χ3v) is 5.04. The van der Waals surface area contributed by atoms with Gasteiger partial charge in [-0.3, -0.25) is 0 Å². The average Bonchev–Trinajstić information content (AvgIpc) is 2.01. The molecule has 0 unspecified atom stereocenters. The Morgan fingerprint density at radius 1 is 1.07 bits per heavy atom. The van der Waals surface area contributed by atoms with Crippen LogP contribution in [0.5, 0.6) is 0 Å². The Labute approximate surface area is 86.0 Å². The second kappa shape index (κ2) is 3.49. The van der Waals surface area contributed by atoms with Crippen molar-refractivity contribution in [1.82, 2.24) is 0 Å². The molecule has 14 heavy (non-hydrogen) atoms. The molecular formula is C9H15NO2SSi. The molecule has 0 saturated heterocycles. The lowest BCUT2D eigenvalue weighted by Gasteiger charge is -2.16. The Bertz CT molecular complexity index is 417. The number of hydrogen-bond donors (Lipinski definition) is 1. The van der Waals surface area contributed by atoms with E-state index in [4.69, 9.17) is 5.14 Å². The number of sulfonamides is 1. The molecule has 0 fully saturated rings. The van der Waals surface area contributed by atoms with Gasteiger partial charge in [0, 0.05) is 0 Å². The molecule has 3 nitrogen and oxygen atoms in total. The summed E-state index contributed by atoms with van der Waals surface area (Å²) in [4.78, 5) is 0.180. The van der Waals surface area contributed by atoms with Gasteiger partial charge in [0.05, 0.1) is 13.0 Å². The Kier molecular flexibility index (Phi) is 2.85. The first-order valence-electron chi connectivity index (χ1n) is 4.34. The Morgan fingerprint density at radius 3 is 1.79 bits per heavy atom. The van der Waals surface area contributed by atoms with Crippen molar-refractivity contribution in [2.45, 2.75) is 24.5 Å². The van der Waals surface area contributed by atoms with E-state index in [1.165, 1.54) is 5.19 Å². The van der Waals surface area contributed by atoms with Crippen molar-refractivity contribution in [2.24, 2.45) is 5.14 Å². The lowest BCUT2D eigenvalue weighted by Crippen LogP contribution is -2.37. The molecule has 0 aliphatic rings. The van der Waals surface area contributed by atoms with Crippen LogP contribution in [0.1, 0.15) is 0 Å². The van der Waals surface area contributed by atoms with Crippen LogP contribution in [-0.4, -0.2) is 16.5 Å². The number of primary sulfonamides is 1. The van der Waals surface area contributed by atoms with Gasteiger partial charge in [0.2, 0.25) is 10.0 Å². The minimum absolute atomic E-state index is 0.180. The van der Waals surface area contributed by atoms with Crippen LogP contribution in [0.3, 0.4) is 0 Å². The molecule has 0 aliphatic carbocycles.